The van der Waals surface area contributed by atoms with Crippen LogP contribution in [0.5, 0.6) is 0 Å². The van der Waals surface area contributed by atoms with Crippen molar-refractivity contribution in [3.8, 4) is 0 Å². The van der Waals surface area contributed by atoms with E-state index in [1.165, 1.54) is 0 Å². The highest BCUT2D eigenvalue weighted by atomic mass is 16.5. The van der Waals surface area contributed by atoms with E-state index in [0.717, 1.165) is 5.56 Å². The molecule has 0 amide bonds. The summed E-state index contributed by atoms with van der Waals surface area (Å²) in [6.45, 7) is -0.159. The third kappa shape index (κ3) is 3.71. The lowest BCUT2D eigenvalue weighted by molar-refractivity contribution is -0.146. The first-order valence-electron chi connectivity index (χ1n) is 4.10. The molecule has 0 saturated heterocycles. The zero-order valence-electron chi connectivity index (χ0n) is 7.23. The first-order chi connectivity index (χ1) is 6.33. The molecule has 0 heterocycles. The lowest BCUT2D eigenvalue weighted by Crippen LogP contribution is -2.05. The predicted octanol–water partition coefficient (Wildman–Crippen LogP) is 1.55. The Balaban J connectivity index is 2.31. The van der Waals surface area contributed by atoms with Crippen molar-refractivity contribution in [2.75, 3.05) is 6.61 Å². The molecule has 0 N–H and O–H groups in total. The van der Waals surface area contributed by atoms with Gasteiger partial charge in [0, 0.05) is 0 Å². The van der Waals surface area contributed by atoms with Crippen LogP contribution in [0, 0.1) is 0 Å². The van der Waals surface area contributed by atoms with Gasteiger partial charge in [-0.05, 0) is 5.56 Å². The van der Waals surface area contributed by atoms with Crippen LogP contribution in [0.4, 0.5) is 0 Å². The second-order valence-corrected chi connectivity index (χ2v) is 2.60. The highest BCUT2D eigenvalue weighted by Crippen LogP contribution is 2.01. The molecule has 0 aliphatic heterocycles. The zero-order valence-corrected chi connectivity index (χ0v) is 7.23. The molecule has 1 radical (unpaired) electrons. The summed E-state index contributed by atoms with van der Waals surface area (Å²) < 4.78 is 4.83. The smallest absolute Gasteiger partial charge is 0.308 e. The van der Waals surface area contributed by atoms with Crippen molar-refractivity contribution in [2.45, 2.75) is 13.0 Å². The van der Waals surface area contributed by atoms with Crippen molar-refractivity contribution in [3.05, 3.63) is 35.9 Å². The van der Waals surface area contributed by atoms with E-state index in [4.69, 9.17) is 4.74 Å². The second kappa shape index (κ2) is 5.32. The molecule has 1 aromatic rings. The molecule has 1 aromatic carbocycles. The van der Waals surface area contributed by atoms with Crippen molar-refractivity contribution in [1.29, 1.82) is 0 Å². The fourth-order valence-electron chi connectivity index (χ4n) is 0.894. The van der Waals surface area contributed by atoms with E-state index in [9.17, 15) is 9.90 Å². The molecule has 0 aromatic heterocycles. The minimum atomic E-state index is -0.432. The summed E-state index contributed by atoms with van der Waals surface area (Å²) in [5, 5.41) is 10.1. The van der Waals surface area contributed by atoms with E-state index in [-0.39, 0.29) is 13.0 Å². The Morgan fingerprint density at radius 1 is 1.23 bits per heavy atom. The standard InChI is InChI=1S/C10H11O3/c11-7-6-10(12)13-8-9-4-2-1-3-5-9/h1-5H,6-8H2. The zero-order chi connectivity index (χ0) is 9.52. The Hall–Kier alpha value is -1.35. The average Bonchev–Trinajstić information content (AvgIpc) is 2.17. The van der Waals surface area contributed by atoms with E-state index in [1.807, 2.05) is 30.3 Å². The Bertz CT molecular complexity index is 256. The largest absolute Gasteiger partial charge is 0.461 e. The molecular formula is C10H11O3. The number of esters is 1. The van der Waals surface area contributed by atoms with Crippen LogP contribution in [-0.2, 0) is 21.2 Å². The summed E-state index contributed by atoms with van der Waals surface area (Å²) in [5.74, 6) is -0.432. The van der Waals surface area contributed by atoms with Crippen molar-refractivity contribution >= 4 is 5.97 Å². The maximum absolute atomic E-state index is 10.8. The van der Waals surface area contributed by atoms with Gasteiger partial charge in [-0.1, -0.05) is 30.3 Å². The van der Waals surface area contributed by atoms with Crippen molar-refractivity contribution < 1.29 is 14.6 Å². The number of carbonyl (C=O) groups is 1. The van der Waals surface area contributed by atoms with Crippen LogP contribution in [0.3, 0.4) is 0 Å². The van der Waals surface area contributed by atoms with Gasteiger partial charge in [-0.25, -0.2) is 5.11 Å². The van der Waals surface area contributed by atoms with Gasteiger partial charge in [-0.3, -0.25) is 4.79 Å². The molecule has 13 heavy (non-hydrogen) atoms. The molecule has 1 rings (SSSR count). The minimum absolute atomic E-state index is 0.0488. The van der Waals surface area contributed by atoms with Crippen LogP contribution in [0.25, 0.3) is 0 Å². The lowest BCUT2D eigenvalue weighted by Gasteiger charge is -2.02. The van der Waals surface area contributed by atoms with Crippen LogP contribution >= 0.6 is 0 Å². The Morgan fingerprint density at radius 3 is 2.54 bits per heavy atom. The van der Waals surface area contributed by atoms with Crippen LogP contribution in [0.1, 0.15) is 12.0 Å². The SMILES string of the molecule is [O]CCC(=O)OCc1ccccc1. The highest BCUT2D eigenvalue weighted by Gasteiger charge is 2.01. The van der Waals surface area contributed by atoms with Gasteiger partial charge < -0.3 is 4.74 Å². The van der Waals surface area contributed by atoms with Crippen LogP contribution in [0.2, 0.25) is 0 Å². The van der Waals surface area contributed by atoms with Gasteiger partial charge in [0.1, 0.15) is 6.61 Å². The molecule has 0 unspecified atom stereocenters. The quantitative estimate of drug-likeness (QED) is 0.658. The summed E-state index contributed by atoms with van der Waals surface area (Å²) in [7, 11) is 0. The van der Waals surface area contributed by atoms with Crippen molar-refractivity contribution in [1.82, 2.24) is 0 Å². The fourth-order valence-corrected chi connectivity index (χ4v) is 0.894. The van der Waals surface area contributed by atoms with Gasteiger partial charge >= 0.3 is 5.97 Å². The maximum atomic E-state index is 10.8. The molecule has 0 saturated carbocycles. The molecule has 3 nitrogen and oxygen atoms in total. The fraction of sp³-hybridized carbons (Fsp3) is 0.300. The third-order valence-corrected chi connectivity index (χ3v) is 1.55. The maximum Gasteiger partial charge on any atom is 0.308 e. The van der Waals surface area contributed by atoms with E-state index < -0.39 is 12.6 Å². The molecule has 0 spiro atoms. The number of rotatable bonds is 4. The molecule has 0 atom stereocenters. The molecule has 0 fully saturated rings. The second-order valence-electron chi connectivity index (χ2n) is 2.60. The van der Waals surface area contributed by atoms with Gasteiger partial charge in [-0.2, -0.15) is 0 Å². The van der Waals surface area contributed by atoms with Crippen LogP contribution in [-0.4, -0.2) is 12.6 Å². The lowest BCUT2D eigenvalue weighted by atomic mass is 10.2. The topological polar surface area (TPSA) is 46.2 Å². The average molecular weight is 179 g/mol. The Labute approximate surface area is 77.0 Å². The first-order valence-corrected chi connectivity index (χ1v) is 4.10. The molecule has 0 bridgehead atoms. The van der Waals surface area contributed by atoms with E-state index in [0.29, 0.717) is 0 Å². The number of benzene rings is 1. The predicted molar refractivity (Wildman–Crippen MR) is 46.4 cm³/mol. The molecule has 69 valence electrons. The minimum Gasteiger partial charge on any atom is -0.461 e. The van der Waals surface area contributed by atoms with Gasteiger partial charge in [-0.15, -0.1) is 0 Å². The summed E-state index contributed by atoms with van der Waals surface area (Å²) in [6, 6.07) is 9.37. The van der Waals surface area contributed by atoms with Gasteiger partial charge in [0.05, 0.1) is 13.0 Å². The summed E-state index contributed by atoms with van der Waals surface area (Å²) >= 11 is 0. The monoisotopic (exact) mass is 179 g/mol. The summed E-state index contributed by atoms with van der Waals surface area (Å²) in [5.41, 5.74) is 0.932. The highest BCUT2D eigenvalue weighted by molar-refractivity contribution is 5.69. The van der Waals surface area contributed by atoms with Crippen LogP contribution in [0.15, 0.2) is 30.3 Å². The van der Waals surface area contributed by atoms with Gasteiger partial charge in [0.25, 0.3) is 0 Å². The van der Waals surface area contributed by atoms with Crippen molar-refractivity contribution in [2.24, 2.45) is 0 Å². The van der Waals surface area contributed by atoms with E-state index >= 15 is 0 Å². The van der Waals surface area contributed by atoms with Crippen LogP contribution < -0.4 is 0 Å². The summed E-state index contributed by atoms with van der Waals surface area (Å²) in [6.07, 6.45) is -0.0488. The Kier molecular flexibility index (Phi) is 3.99. The molecule has 0 aliphatic rings. The molecule has 3 heteroatoms. The number of hydrogen-bond acceptors (Lipinski definition) is 2. The van der Waals surface area contributed by atoms with Gasteiger partial charge in [0.2, 0.25) is 0 Å². The number of hydrogen-bond donors (Lipinski definition) is 0. The summed E-state index contributed by atoms with van der Waals surface area (Å²) in [4.78, 5) is 10.8. The normalized spacial score (nSPS) is 9.62. The Morgan fingerprint density at radius 2 is 1.92 bits per heavy atom. The molecule has 0 aliphatic carbocycles. The number of ether oxygens (including phenoxy) is 1. The number of carbonyl (C=O) groups excluding carboxylic acids is 1. The van der Waals surface area contributed by atoms with Crippen molar-refractivity contribution in [3.63, 3.8) is 0 Å². The molecular weight excluding hydrogens is 168 g/mol. The third-order valence-electron chi connectivity index (χ3n) is 1.55. The van der Waals surface area contributed by atoms with Gasteiger partial charge in [0.15, 0.2) is 0 Å². The van der Waals surface area contributed by atoms with E-state index in [2.05, 4.69) is 0 Å². The van der Waals surface area contributed by atoms with E-state index in [1.54, 1.807) is 0 Å². The first kappa shape index (κ1) is 9.74.